The predicted molar refractivity (Wildman–Crippen MR) is 104 cm³/mol. The van der Waals surface area contributed by atoms with Gasteiger partial charge in [-0.1, -0.05) is 42.5 Å². The van der Waals surface area contributed by atoms with Gasteiger partial charge in [0.1, 0.15) is 0 Å². The molecule has 5 nitrogen and oxygen atoms in total. The summed E-state index contributed by atoms with van der Waals surface area (Å²) in [5.41, 5.74) is 5.23. The highest BCUT2D eigenvalue weighted by atomic mass is 16.2. The molecule has 132 valence electrons. The average molecular weight is 346 g/mol. The van der Waals surface area contributed by atoms with Gasteiger partial charge in [-0.05, 0) is 18.6 Å². The van der Waals surface area contributed by atoms with E-state index in [0.717, 1.165) is 22.5 Å². The molecule has 1 aliphatic rings. The van der Waals surface area contributed by atoms with Gasteiger partial charge >= 0.3 is 0 Å². The fourth-order valence-electron chi connectivity index (χ4n) is 3.42. The van der Waals surface area contributed by atoms with Crippen LogP contribution >= 0.6 is 0 Å². The Morgan fingerprint density at radius 1 is 1.12 bits per heavy atom. The Kier molecular flexibility index (Phi) is 4.21. The molecule has 0 spiro atoms. The number of para-hydroxylation sites is 1. The zero-order valence-electron chi connectivity index (χ0n) is 15.0. The van der Waals surface area contributed by atoms with E-state index in [0.29, 0.717) is 13.0 Å². The summed E-state index contributed by atoms with van der Waals surface area (Å²) in [4.78, 5) is 13.9. The molecule has 0 saturated heterocycles. The molecule has 1 amide bonds. The van der Waals surface area contributed by atoms with Crippen molar-refractivity contribution in [2.45, 2.75) is 19.4 Å². The summed E-state index contributed by atoms with van der Waals surface area (Å²) in [7, 11) is 1.83. The fourth-order valence-corrected chi connectivity index (χ4v) is 3.42. The highest BCUT2D eigenvalue weighted by Gasteiger charge is 2.21. The number of benzene rings is 2. The number of anilines is 2. The van der Waals surface area contributed by atoms with Crippen LogP contribution in [0, 0.1) is 0 Å². The molecule has 1 atom stereocenters. The number of carbonyl (C=O) groups excluding carboxylic acids is 1. The van der Waals surface area contributed by atoms with Crippen molar-refractivity contribution in [3.8, 4) is 11.1 Å². The third-order valence-corrected chi connectivity index (χ3v) is 5.01. The Bertz CT molecular complexity index is 932. The second kappa shape index (κ2) is 6.67. The SMILES string of the molecule is CC(c1ccccc1)n1cc(-c2cccc3c2NCCC(=O)N3C)cn1. The summed E-state index contributed by atoms with van der Waals surface area (Å²) in [6.45, 7) is 2.78. The van der Waals surface area contributed by atoms with Gasteiger partial charge in [0.2, 0.25) is 5.91 Å². The Morgan fingerprint density at radius 2 is 1.92 bits per heavy atom. The van der Waals surface area contributed by atoms with E-state index in [1.54, 1.807) is 4.90 Å². The predicted octanol–water partition coefficient (Wildman–Crippen LogP) is 3.94. The first-order valence-corrected chi connectivity index (χ1v) is 8.88. The molecular weight excluding hydrogens is 324 g/mol. The average Bonchev–Trinajstić information content (AvgIpc) is 3.12. The molecule has 1 unspecified atom stereocenters. The van der Waals surface area contributed by atoms with Gasteiger partial charge in [0.05, 0.1) is 23.6 Å². The maximum absolute atomic E-state index is 12.1. The van der Waals surface area contributed by atoms with Gasteiger partial charge in [-0.25, -0.2) is 0 Å². The molecule has 0 fully saturated rings. The smallest absolute Gasteiger partial charge is 0.228 e. The largest absolute Gasteiger partial charge is 0.382 e. The second-order valence-corrected chi connectivity index (χ2v) is 6.62. The van der Waals surface area contributed by atoms with Crippen LogP contribution < -0.4 is 10.2 Å². The summed E-state index contributed by atoms with van der Waals surface area (Å²) in [6.07, 6.45) is 4.46. The standard InChI is InChI=1S/C21H22N4O/c1-15(16-7-4-3-5-8-16)25-14-17(13-23-25)18-9-6-10-19-21(18)22-12-11-20(26)24(19)2/h3-10,13-15,22H,11-12H2,1-2H3. The first-order valence-electron chi connectivity index (χ1n) is 8.88. The van der Waals surface area contributed by atoms with Crippen LogP contribution in [0.4, 0.5) is 11.4 Å². The van der Waals surface area contributed by atoms with Gasteiger partial charge in [0.15, 0.2) is 0 Å². The van der Waals surface area contributed by atoms with E-state index in [-0.39, 0.29) is 11.9 Å². The van der Waals surface area contributed by atoms with E-state index >= 15 is 0 Å². The number of carbonyl (C=O) groups is 1. The summed E-state index contributed by atoms with van der Waals surface area (Å²) >= 11 is 0. The third-order valence-electron chi connectivity index (χ3n) is 5.01. The lowest BCUT2D eigenvalue weighted by Crippen LogP contribution is -2.25. The van der Waals surface area contributed by atoms with Gasteiger partial charge < -0.3 is 10.2 Å². The van der Waals surface area contributed by atoms with E-state index in [1.165, 1.54) is 5.56 Å². The summed E-state index contributed by atoms with van der Waals surface area (Å²) in [6, 6.07) is 16.5. The fraction of sp³-hybridized carbons (Fsp3) is 0.238. The van der Waals surface area contributed by atoms with E-state index in [4.69, 9.17) is 0 Å². The summed E-state index contributed by atoms with van der Waals surface area (Å²) in [5, 5.41) is 8.01. The number of aromatic nitrogens is 2. The normalized spacial score (nSPS) is 15.2. The molecule has 0 saturated carbocycles. The van der Waals surface area contributed by atoms with Crippen molar-refractivity contribution in [3.63, 3.8) is 0 Å². The first-order chi connectivity index (χ1) is 12.6. The van der Waals surface area contributed by atoms with Crippen LogP contribution in [0.25, 0.3) is 11.1 Å². The van der Waals surface area contributed by atoms with Crippen LogP contribution in [0.3, 0.4) is 0 Å². The van der Waals surface area contributed by atoms with Gasteiger partial charge in [0, 0.05) is 37.3 Å². The molecule has 1 N–H and O–H groups in total. The van der Waals surface area contributed by atoms with Gasteiger partial charge in [-0.2, -0.15) is 5.10 Å². The molecule has 3 aromatic rings. The number of nitrogens with zero attached hydrogens (tertiary/aromatic N) is 3. The minimum Gasteiger partial charge on any atom is -0.382 e. The summed E-state index contributed by atoms with van der Waals surface area (Å²) in [5.74, 6) is 0.127. The number of rotatable bonds is 3. The van der Waals surface area contributed by atoms with Gasteiger partial charge in [-0.15, -0.1) is 0 Å². The Morgan fingerprint density at radius 3 is 2.73 bits per heavy atom. The van der Waals surface area contributed by atoms with Crippen molar-refractivity contribution >= 4 is 17.3 Å². The molecule has 4 rings (SSSR count). The number of nitrogens with one attached hydrogen (secondary N) is 1. The maximum Gasteiger partial charge on any atom is 0.228 e. The number of hydrogen-bond acceptors (Lipinski definition) is 3. The molecule has 0 aliphatic carbocycles. The minimum atomic E-state index is 0.127. The molecule has 0 radical (unpaired) electrons. The molecule has 5 heteroatoms. The van der Waals surface area contributed by atoms with Crippen molar-refractivity contribution < 1.29 is 4.79 Å². The highest BCUT2D eigenvalue weighted by molar-refractivity contribution is 6.01. The first kappa shape index (κ1) is 16.4. The van der Waals surface area contributed by atoms with E-state index in [2.05, 4.69) is 41.7 Å². The monoisotopic (exact) mass is 346 g/mol. The van der Waals surface area contributed by atoms with Crippen LogP contribution in [0.2, 0.25) is 0 Å². The molecule has 1 aliphatic heterocycles. The minimum absolute atomic E-state index is 0.127. The zero-order valence-corrected chi connectivity index (χ0v) is 15.0. The molecule has 1 aromatic heterocycles. The summed E-state index contributed by atoms with van der Waals surface area (Å²) < 4.78 is 1.98. The maximum atomic E-state index is 12.1. The lowest BCUT2D eigenvalue weighted by molar-refractivity contribution is -0.118. The van der Waals surface area contributed by atoms with Gasteiger partial charge in [-0.3, -0.25) is 9.48 Å². The van der Waals surface area contributed by atoms with Crippen LogP contribution in [0.15, 0.2) is 60.9 Å². The van der Waals surface area contributed by atoms with Crippen molar-refractivity contribution in [2.75, 3.05) is 23.8 Å². The lowest BCUT2D eigenvalue weighted by atomic mass is 10.0. The van der Waals surface area contributed by atoms with Crippen LogP contribution in [0.1, 0.15) is 24.9 Å². The number of hydrogen-bond donors (Lipinski definition) is 1. The topological polar surface area (TPSA) is 50.2 Å². The third kappa shape index (κ3) is 2.86. The Balaban J connectivity index is 1.72. The number of amides is 1. The van der Waals surface area contributed by atoms with Crippen LogP contribution in [-0.2, 0) is 4.79 Å². The number of fused-ring (bicyclic) bond motifs is 1. The van der Waals surface area contributed by atoms with Crippen molar-refractivity contribution in [1.29, 1.82) is 0 Å². The Labute approximate surface area is 153 Å². The van der Waals surface area contributed by atoms with Crippen molar-refractivity contribution in [3.05, 3.63) is 66.5 Å². The Hall–Kier alpha value is -3.08. The molecule has 0 bridgehead atoms. The van der Waals surface area contributed by atoms with Crippen molar-refractivity contribution in [1.82, 2.24) is 9.78 Å². The lowest BCUT2D eigenvalue weighted by Gasteiger charge is -2.19. The zero-order chi connectivity index (χ0) is 18.1. The second-order valence-electron chi connectivity index (χ2n) is 6.62. The molecule has 26 heavy (non-hydrogen) atoms. The molecule has 2 aromatic carbocycles. The molecular formula is C21H22N4O. The van der Waals surface area contributed by atoms with E-state index < -0.39 is 0 Å². The van der Waals surface area contributed by atoms with Gasteiger partial charge in [0.25, 0.3) is 0 Å². The van der Waals surface area contributed by atoms with Crippen molar-refractivity contribution in [2.24, 2.45) is 0 Å². The highest BCUT2D eigenvalue weighted by Crippen LogP contribution is 2.37. The van der Waals surface area contributed by atoms with E-state index in [9.17, 15) is 4.79 Å². The van der Waals surface area contributed by atoms with Crippen LogP contribution in [0.5, 0.6) is 0 Å². The molecule has 2 heterocycles. The van der Waals surface area contributed by atoms with E-state index in [1.807, 2.05) is 48.3 Å². The quantitative estimate of drug-likeness (QED) is 0.781. The van der Waals surface area contributed by atoms with Crippen LogP contribution in [-0.4, -0.2) is 29.3 Å².